The monoisotopic (exact) mass is 1650 g/mol. The molecule has 43 heteroatoms. The number of halogens is 2. The standard InChI is InChI=1S/C29H37F2N3O2.S36/c1-20(2)27-19-33(16-17-34(27)28(36)18-22-12-14-32(15-13-22)21(3)35)29(23-4-8-25(30)9-5-23)24-6-10-26(31)11-7-24;1-3-5-7-9-11-13-15-17-19-21-23-25-27-29-31-33-35-36-34-32-30-28-26-24-22-20-18-16-14-12-10-8-6-4-2/h4-11,20,22,27,29H,12-19H2,1-3H3;/t27-;/m1./s1. The van der Waals surface area contributed by atoms with Crippen LogP contribution in [0, 0.1) is 23.5 Å². The Labute approximate surface area is 526 Å². The third-order valence-corrected chi connectivity index (χ3v) is 82.0. The van der Waals surface area contributed by atoms with Crippen LogP contribution in [0.5, 0.6) is 0 Å². The summed E-state index contributed by atoms with van der Waals surface area (Å²) in [6, 6.07) is 12.9. The van der Waals surface area contributed by atoms with Crippen molar-refractivity contribution in [1.82, 2.24) is 14.7 Å². The maximum atomic E-state index is 13.7. The highest BCUT2D eigenvalue weighted by molar-refractivity contribution is 8.80. The molecule has 0 saturated carbocycles. The molecule has 0 radical (unpaired) electrons. The lowest BCUT2D eigenvalue weighted by atomic mass is 9.90. The van der Waals surface area contributed by atoms with E-state index in [1.165, 1.54) is 42.0 Å². The minimum atomic E-state index is -0.291. The Morgan fingerprint density at radius 2 is 0.806 bits per heavy atom. The van der Waals surface area contributed by atoms with Crippen molar-refractivity contribution in [2.24, 2.45) is 11.8 Å². The average Bonchev–Trinajstić information content (AvgIpc) is 3.38. The molecule has 0 N–H and O–H groups in total. The predicted molar refractivity (Wildman–Crippen MR) is 401 cm³/mol. The second-order valence-electron chi connectivity index (χ2n) is 12.9. The van der Waals surface area contributed by atoms with Crippen molar-refractivity contribution < 1.29 is 18.4 Å². The molecule has 2 aromatic rings. The van der Waals surface area contributed by atoms with Crippen LogP contribution < -0.4 is 0 Å². The van der Waals surface area contributed by atoms with Crippen LogP contribution in [-0.2, 0) is 334 Å². The fourth-order valence-corrected chi connectivity index (χ4v) is 93.8. The van der Waals surface area contributed by atoms with Gasteiger partial charge in [0, 0.05) is 376 Å². The number of piperazine rings is 1. The number of carbonyl (C=O) groups is 2. The first kappa shape index (κ1) is 71.4. The minimum absolute atomic E-state index is 0.0481. The van der Waals surface area contributed by atoms with E-state index in [1.807, 2.05) is 187 Å². The van der Waals surface area contributed by atoms with Gasteiger partial charge < -0.3 is 9.80 Å². The summed E-state index contributed by atoms with van der Waals surface area (Å²) in [5, 5.41) is 0. The molecule has 4 rings (SSSR count). The van der Waals surface area contributed by atoms with E-state index >= 15 is 0 Å². The van der Waals surface area contributed by atoms with Crippen LogP contribution in [-0.4, -0.2) is 65.3 Å². The van der Waals surface area contributed by atoms with E-state index in [2.05, 4.69) is 18.7 Å². The van der Waals surface area contributed by atoms with E-state index in [9.17, 15) is 18.4 Å². The number of likely N-dealkylation sites (tertiary alicyclic amines) is 1. The Balaban J connectivity index is 0.000000380. The van der Waals surface area contributed by atoms with E-state index in [1.54, 1.807) is 138 Å². The second-order valence-corrected chi connectivity index (χ2v) is 73.0. The average molecular weight is 1650 g/mol. The molecular weight excluding hydrogens is 1610 g/mol. The van der Waals surface area contributed by atoms with Crippen LogP contribution in [0.25, 0.3) is 0 Å². The van der Waals surface area contributed by atoms with Crippen LogP contribution in [0.15, 0.2) is 48.5 Å². The summed E-state index contributed by atoms with van der Waals surface area (Å²) < 4.78 is 27.4. The Hall–Kier alpha value is 5.12. The smallest absolute Gasteiger partial charge is 0.223 e. The summed E-state index contributed by atoms with van der Waals surface area (Å²) >= 11 is 9.59. The molecule has 2 saturated heterocycles. The maximum absolute atomic E-state index is 13.7. The summed E-state index contributed by atoms with van der Waals surface area (Å²) in [4.78, 5) is 31.3. The molecule has 0 unspecified atom stereocenters. The molecule has 2 aliphatic rings. The molecule has 2 amide bonds. The van der Waals surface area contributed by atoms with E-state index in [4.69, 9.17) is 22.4 Å². The molecule has 2 aliphatic heterocycles. The Morgan fingerprint density at radius 3 is 1.08 bits per heavy atom. The second kappa shape index (κ2) is 48.5. The lowest BCUT2D eigenvalue weighted by Gasteiger charge is -2.47. The quantitative estimate of drug-likeness (QED) is 0.417. The van der Waals surface area contributed by atoms with E-state index < -0.39 is 0 Å². The largest absolute Gasteiger partial charge is 0.343 e. The summed E-state index contributed by atoms with van der Waals surface area (Å²) in [5.41, 5.74) is 1.89. The SMILES string of the molecule is CC(=O)N1CCC(CC(=O)N2CCN(C(c3ccc(F)cc3)c3ccc(F)cc3)C[C@@H]2C(C)C)CC1.S=S=S=S=S=S=S=S=S=S=S=S=S=S=S=S=S=S=S=S=S=S=S=S=S=S=S=S=S=S=S=S=S=S=S=S. The van der Waals surface area contributed by atoms with Gasteiger partial charge in [-0.2, -0.15) is 0 Å². The van der Waals surface area contributed by atoms with Crippen molar-refractivity contribution in [3.8, 4) is 0 Å². The Bertz CT molecular complexity index is 3620. The van der Waals surface area contributed by atoms with Gasteiger partial charge in [0.15, 0.2) is 0 Å². The summed E-state index contributed by atoms with van der Waals surface area (Å²) in [6.07, 6.45) is 2.26. The van der Waals surface area contributed by atoms with E-state index in [0.29, 0.717) is 32.0 Å². The van der Waals surface area contributed by atoms with E-state index in [-0.39, 0.29) is 41.5 Å². The zero-order chi connectivity index (χ0) is 51.9. The first-order valence-electron chi connectivity index (χ1n) is 18.9. The molecule has 0 bridgehead atoms. The number of benzene rings is 2. The van der Waals surface area contributed by atoms with Gasteiger partial charge in [0.25, 0.3) is 0 Å². The fraction of sp³-hybridized carbons (Fsp3) is 0.517. The van der Waals surface area contributed by atoms with Gasteiger partial charge in [-0.15, -0.1) is 0 Å². The lowest BCUT2D eigenvalue weighted by molar-refractivity contribution is -0.139. The van der Waals surface area contributed by atoms with Gasteiger partial charge in [-0.25, -0.2) is 8.78 Å². The van der Waals surface area contributed by atoms with Crippen molar-refractivity contribution in [2.45, 2.75) is 52.1 Å². The van der Waals surface area contributed by atoms with Gasteiger partial charge in [0.2, 0.25) is 11.8 Å². The Morgan fingerprint density at radius 1 is 0.500 bits per heavy atom. The number of nitrogens with zero attached hydrogens (tertiary/aromatic N) is 3. The molecule has 0 aliphatic carbocycles. The van der Waals surface area contributed by atoms with Crippen LogP contribution >= 0.6 is 0 Å². The third kappa shape index (κ3) is 34.7. The highest BCUT2D eigenvalue weighted by atomic mass is 33.5. The van der Waals surface area contributed by atoms with Crippen molar-refractivity contribution >= 4 is 336 Å². The van der Waals surface area contributed by atoms with Gasteiger partial charge in [-0.05, 0) is 60.1 Å². The Kier molecular flexibility index (Phi) is 48.1. The van der Waals surface area contributed by atoms with Crippen molar-refractivity contribution in [3.05, 3.63) is 71.3 Å². The lowest BCUT2D eigenvalue weighted by Crippen LogP contribution is -2.58. The highest BCUT2D eigenvalue weighted by Crippen LogP contribution is 2.33. The molecule has 2 fully saturated rings. The summed E-state index contributed by atoms with van der Waals surface area (Å²) in [5.74, 6) is 0.285. The number of rotatable bonds is 6. The van der Waals surface area contributed by atoms with Gasteiger partial charge in [-0.1, -0.05) is 38.1 Å². The third-order valence-electron chi connectivity index (χ3n) is 8.72. The van der Waals surface area contributed by atoms with Crippen molar-refractivity contribution in [2.75, 3.05) is 32.7 Å². The predicted octanol–water partition coefficient (Wildman–Crippen LogP) is 4.79. The topological polar surface area (TPSA) is 43.9 Å². The zero-order valence-electron chi connectivity index (χ0n) is 36.2. The summed E-state index contributed by atoms with van der Waals surface area (Å²) in [7, 11) is 60.1. The molecular formula is C29H37F2N3O2S36. The number of hydrogen-bond acceptors (Lipinski definition) is 5. The van der Waals surface area contributed by atoms with Gasteiger partial charge in [-0.3, -0.25) is 14.5 Å². The molecule has 410 valence electrons. The van der Waals surface area contributed by atoms with Crippen LogP contribution in [0.2, 0.25) is 0 Å². The molecule has 0 spiro atoms. The van der Waals surface area contributed by atoms with Crippen LogP contribution in [0.1, 0.15) is 57.2 Å². The molecule has 1 atom stereocenters. The molecule has 0 aromatic heterocycles. The maximum Gasteiger partial charge on any atom is 0.223 e. The number of carbonyl (C=O) groups excluding carboxylic acids is 2. The number of hydrogen-bond donors (Lipinski definition) is 0. The molecule has 5 nitrogen and oxygen atoms in total. The van der Waals surface area contributed by atoms with Crippen LogP contribution in [0.3, 0.4) is 0 Å². The highest BCUT2D eigenvalue weighted by Gasteiger charge is 2.37. The van der Waals surface area contributed by atoms with Gasteiger partial charge in [0.1, 0.15) is 11.6 Å². The minimum Gasteiger partial charge on any atom is -0.343 e. The molecule has 2 heterocycles. The first-order chi connectivity index (χ1) is 35.1. The molecule has 2 aromatic carbocycles. The fourth-order valence-electron chi connectivity index (χ4n) is 6.03. The number of amides is 2. The van der Waals surface area contributed by atoms with Crippen LogP contribution in [0.4, 0.5) is 8.78 Å². The summed E-state index contributed by atoms with van der Waals surface area (Å²) in [6.45, 7) is 9.32. The first-order valence-corrected chi connectivity index (χ1v) is 65.5. The number of piperidine rings is 1. The zero-order valence-corrected chi connectivity index (χ0v) is 65.6. The van der Waals surface area contributed by atoms with Crippen molar-refractivity contribution in [3.63, 3.8) is 0 Å². The van der Waals surface area contributed by atoms with Crippen molar-refractivity contribution in [1.29, 1.82) is 0 Å². The van der Waals surface area contributed by atoms with E-state index in [0.717, 1.165) is 37.1 Å². The normalized spacial score (nSPS) is 13.7. The van der Waals surface area contributed by atoms with Gasteiger partial charge in [0.05, 0.1) is 6.04 Å². The molecule has 72 heavy (non-hydrogen) atoms. The van der Waals surface area contributed by atoms with Gasteiger partial charge >= 0.3 is 0 Å².